The first-order valence-corrected chi connectivity index (χ1v) is 8.07. The monoisotopic (exact) mass is 331 g/mol. The van der Waals surface area contributed by atoms with E-state index in [0.29, 0.717) is 30.9 Å². The highest BCUT2D eigenvalue weighted by Gasteiger charge is 2.29. The molecule has 1 fully saturated rings. The molecule has 3 heterocycles. The number of carbonyl (C=O) groups is 1. The second-order valence-corrected chi connectivity index (χ2v) is 6.02. The summed E-state index contributed by atoms with van der Waals surface area (Å²) in [4.78, 5) is 25.9. The summed E-state index contributed by atoms with van der Waals surface area (Å²) in [6.07, 6.45) is 2.22. The fourth-order valence-electron chi connectivity index (χ4n) is 3.06. The van der Waals surface area contributed by atoms with E-state index < -0.39 is 0 Å². The third-order valence-corrected chi connectivity index (χ3v) is 4.02. The van der Waals surface area contributed by atoms with Gasteiger partial charge in [0, 0.05) is 19.2 Å². The summed E-state index contributed by atoms with van der Waals surface area (Å²) in [7, 11) is 0. The number of aromatic amines is 1. The predicted molar refractivity (Wildman–Crippen MR) is 87.3 cm³/mol. The molecule has 0 radical (unpaired) electrons. The van der Waals surface area contributed by atoms with Crippen molar-refractivity contribution < 1.29 is 9.53 Å². The molecule has 0 unspecified atom stereocenters. The highest BCUT2D eigenvalue weighted by Crippen LogP contribution is 2.19. The number of carbonyl (C=O) groups excluding carboxylic acids is 1. The highest BCUT2D eigenvalue weighted by molar-refractivity contribution is 5.95. The zero-order chi connectivity index (χ0) is 17.3. The minimum atomic E-state index is -0.281. The maximum absolute atomic E-state index is 12.9. The van der Waals surface area contributed by atoms with Gasteiger partial charge in [0.25, 0.3) is 11.5 Å². The molecule has 0 aromatic carbocycles. The van der Waals surface area contributed by atoms with E-state index in [1.807, 2.05) is 20.8 Å². The number of H-pyrrole nitrogens is 1. The van der Waals surface area contributed by atoms with Crippen molar-refractivity contribution in [1.82, 2.24) is 24.9 Å². The first-order valence-electron chi connectivity index (χ1n) is 8.07. The molecular weight excluding hydrogens is 310 g/mol. The molecule has 1 saturated heterocycles. The summed E-state index contributed by atoms with van der Waals surface area (Å²) in [5.41, 5.74) is 1.05. The van der Waals surface area contributed by atoms with Crippen LogP contribution in [0.15, 0.2) is 23.1 Å². The van der Waals surface area contributed by atoms with Gasteiger partial charge in [-0.3, -0.25) is 9.59 Å². The van der Waals surface area contributed by atoms with E-state index in [0.717, 1.165) is 5.69 Å². The Labute approximate surface area is 139 Å². The number of aromatic nitrogens is 4. The molecule has 2 atom stereocenters. The minimum Gasteiger partial charge on any atom is -0.372 e. The van der Waals surface area contributed by atoms with Crippen LogP contribution in [0.3, 0.4) is 0 Å². The van der Waals surface area contributed by atoms with Gasteiger partial charge in [-0.15, -0.1) is 0 Å². The van der Waals surface area contributed by atoms with Crippen LogP contribution in [-0.4, -0.2) is 56.1 Å². The fourth-order valence-corrected chi connectivity index (χ4v) is 3.06. The lowest BCUT2D eigenvalue weighted by molar-refractivity contribution is -0.0586. The number of ether oxygens (including phenoxy) is 1. The molecule has 1 aliphatic heterocycles. The summed E-state index contributed by atoms with van der Waals surface area (Å²) in [6.45, 7) is 7.01. The first kappa shape index (κ1) is 16.4. The van der Waals surface area contributed by atoms with Crippen LogP contribution in [-0.2, 0) is 11.2 Å². The van der Waals surface area contributed by atoms with Gasteiger partial charge in [-0.05, 0) is 26.3 Å². The van der Waals surface area contributed by atoms with Crippen LogP contribution in [0.5, 0.6) is 0 Å². The Balaban J connectivity index is 1.92. The Bertz CT molecular complexity index is 767. The molecule has 8 nitrogen and oxygen atoms in total. The molecule has 0 saturated carbocycles. The van der Waals surface area contributed by atoms with E-state index in [4.69, 9.17) is 4.74 Å². The molecule has 1 amide bonds. The second kappa shape index (κ2) is 6.56. The number of nitrogens with one attached hydrogen (secondary N) is 1. The third-order valence-electron chi connectivity index (χ3n) is 4.02. The maximum Gasteiger partial charge on any atom is 0.264 e. The van der Waals surface area contributed by atoms with Gasteiger partial charge in [0.2, 0.25) is 0 Å². The SMILES string of the molecule is CCc1c(C(=O)N2C[C@H](C)O[C@@H](C)C2)cnn1-c1ccc(=O)[nH]n1. The van der Waals surface area contributed by atoms with Gasteiger partial charge >= 0.3 is 0 Å². The van der Waals surface area contributed by atoms with Crippen molar-refractivity contribution in [3.63, 3.8) is 0 Å². The van der Waals surface area contributed by atoms with Crippen LogP contribution in [0.1, 0.15) is 36.8 Å². The summed E-state index contributed by atoms with van der Waals surface area (Å²) in [6, 6.07) is 2.97. The van der Waals surface area contributed by atoms with Gasteiger partial charge in [0.15, 0.2) is 5.82 Å². The molecule has 24 heavy (non-hydrogen) atoms. The van der Waals surface area contributed by atoms with Crippen molar-refractivity contribution >= 4 is 5.91 Å². The Kier molecular flexibility index (Phi) is 4.48. The Morgan fingerprint density at radius 2 is 2.04 bits per heavy atom. The first-order chi connectivity index (χ1) is 11.5. The van der Waals surface area contributed by atoms with Gasteiger partial charge in [0.1, 0.15) is 0 Å². The smallest absolute Gasteiger partial charge is 0.264 e. The topological polar surface area (TPSA) is 93.1 Å². The lowest BCUT2D eigenvalue weighted by Crippen LogP contribution is -2.48. The van der Waals surface area contributed by atoms with Crippen molar-refractivity contribution in [2.24, 2.45) is 0 Å². The normalized spacial score (nSPS) is 21.0. The molecular formula is C16H21N5O3. The van der Waals surface area contributed by atoms with E-state index >= 15 is 0 Å². The second-order valence-electron chi connectivity index (χ2n) is 6.02. The number of amides is 1. The molecule has 1 N–H and O–H groups in total. The van der Waals surface area contributed by atoms with Crippen molar-refractivity contribution in [1.29, 1.82) is 0 Å². The van der Waals surface area contributed by atoms with E-state index in [9.17, 15) is 9.59 Å². The third kappa shape index (κ3) is 3.09. The van der Waals surface area contributed by atoms with Crippen LogP contribution in [0, 0.1) is 0 Å². The molecule has 1 aliphatic rings. The number of morpholine rings is 1. The quantitative estimate of drug-likeness (QED) is 0.896. The number of hydrogen-bond donors (Lipinski definition) is 1. The molecule has 3 rings (SSSR count). The van der Waals surface area contributed by atoms with Crippen molar-refractivity contribution in [2.45, 2.75) is 39.4 Å². The van der Waals surface area contributed by atoms with Crippen molar-refractivity contribution in [2.75, 3.05) is 13.1 Å². The maximum atomic E-state index is 12.9. The van der Waals surface area contributed by atoms with Gasteiger partial charge in [-0.1, -0.05) is 6.92 Å². The Morgan fingerprint density at radius 3 is 2.62 bits per heavy atom. The van der Waals surface area contributed by atoms with Crippen LogP contribution in [0.4, 0.5) is 0 Å². The highest BCUT2D eigenvalue weighted by atomic mass is 16.5. The molecule has 0 bridgehead atoms. The molecule has 0 aliphatic carbocycles. The fraction of sp³-hybridized carbons (Fsp3) is 0.500. The molecule has 8 heteroatoms. The largest absolute Gasteiger partial charge is 0.372 e. The number of rotatable bonds is 3. The van der Waals surface area contributed by atoms with E-state index in [-0.39, 0.29) is 23.7 Å². The molecule has 2 aromatic heterocycles. The van der Waals surface area contributed by atoms with Crippen molar-refractivity contribution in [3.8, 4) is 5.82 Å². The summed E-state index contributed by atoms with van der Waals surface area (Å²) >= 11 is 0. The van der Waals surface area contributed by atoms with Gasteiger partial charge in [-0.25, -0.2) is 9.78 Å². The van der Waals surface area contributed by atoms with Crippen LogP contribution in [0.2, 0.25) is 0 Å². The zero-order valence-corrected chi connectivity index (χ0v) is 14.0. The van der Waals surface area contributed by atoms with Gasteiger partial charge in [0.05, 0.1) is 29.7 Å². The molecule has 2 aromatic rings. The summed E-state index contributed by atoms with van der Waals surface area (Å²) in [5, 5.41) is 10.7. The van der Waals surface area contributed by atoms with Crippen LogP contribution in [0.25, 0.3) is 5.82 Å². The van der Waals surface area contributed by atoms with Gasteiger partial charge in [-0.2, -0.15) is 10.2 Å². The summed E-state index contributed by atoms with van der Waals surface area (Å²) < 4.78 is 7.28. The molecule has 0 spiro atoms. The van der Waals surface area contributed by atoms with E-state index in [2.05, 4.69) is 15.3 Å². The van der Waals surface area contributed by atoms with Crippen LogP contribution < -0.4 is 5.56 Å². The van der Waals surface area contributed by atoms with E-state index in [1.165, 1.54) is 6.07 Å². The lowest BCUT2D eigenvalue weighted by atomic mass is 10.1. The standard InChI is InChI=1S/C16H21N5O3/c1-4-13-12(16(23)20-8-10(2)24-11(3)9-20)7-17-21(13)14-5-6-15(22)19-18-14/h5-7,10-11H,4,8-9H2,1-3H3,(H,19,22)/t10-,11-/m0/s1. The van der Waals surface area contributed by atoms with Gasteiger partial charge < -0.3 is 9.64 Å². The number of nitrogens with zero attached hydrogens (tertiary/aromatic N) is 4. The zero-order valence-electron chi connectivity index (χ0n) is 14.0. The van der Waals surface area contributed by atoms with Crippen LogP contribution >= 0.6 is 0 Å². The van der Waals surface area contributed by atoms with E-state index in [1.54, 1.807) is 21.8 Å². The Morgan fingerprint density at radius 1 is 1.33 bits per heavy atom. The summed E-state index contributed by atoms with van der Waals surface area (Å²) in [5.74, 6) is 0.429. The minimum absolute atomic E-state index is 0.0127. The Hall–Kier alpha value is -2.48. The number of hydrogen-bond acceptors (Lipinski definition) is 5. The van der Waals surface area contributed by atoms with Crippen molar-refractivity contribution in [3.05, 3.63) is 39.9 Å². The molecule has 128 valence electrons. The average Bonchev–Trinajstić information content (AvgIpc) is 2.97. The lowest BCUT2D eigenvalue weighted by Gasteiger charge is -2.35. The average molecular weight is 331 g/mol. The predicted octanol–water partition coefficient (Wildman–Crippen LogP) is 0.767.